The van der Waals surface area contributed by atoms with E-state index in [0.717, 1.165) is 6.42 Å². The van der Waals surface area contributed by atoms with Gasteiger partial charge in [-0.15, -0.1) is 12.2 Å². The fourth-order valence-electron chi connectivity index (χ4n) is 0.506. The summed E-state index contributed by atoms with van der Waals surface area (Å²) < 4.78 is 2.87. The van der Waals surface area contributed by atoms with Gasteiger partial charge in [-0.1, -0.05) is 0 Å². The number of rotatable bonds is 0. The van der Waals surface area contributed by atoms with Crippen LogP contribution in [0.15, 0.2) is 23.8 Å². The van der Waals surface area contributed by atoms with Gasteiger partial charge in [-0.05, 0) is 6.42 Å². The van der Waals surface area contributed by atoms with Gasteiger partial charge in [-0.3, -0.25) is 0 Å². The van der Waals surface area contributed by atoms with E-state index in [1.54, 1.807) is 0 Å². The van der Waals surface area contributed by atoms with Crippen molar-refractivity contribution in [3.8, 4) is 0 Å². The van der Waals surface area contributed by atoms with Gasteiger partial charge in [0, 0.05) is 0 Å². The average molecular weight is 236 g/mol. The molecule has 0 aromatic heterocycles. The van der Waals surface area contributed by atoms with Crippen LogP contribution in [0.1, 0.15) is 6.42 Å². The van der Waals surface area contributed by atoms with E-state index >= 15 is 0 Å². The Hall–Kier alpha value is -0.867. The smallest absolute Gasteiger partial charge is 0.0440 e. The van der Waals surface area contributed by atoms with Crippen LogP contribution in [0.4, 0.5) is 0 Å². The molecule has 0 aromatic carbocycles. The third-order valence-electron chi connectivity index (χ3n) is 0.920. The van der Waals surface area contributed by atoms with Crippen LogP contribution in [-0.4, -0.2) is 8.95 Å². The third-order valence-corrected chi connectivity index (χ3v) is 1.28. The molecule has 0 heterocycles. The van der Waals surface area contributed by atoms with Gasteiger partial charge in [0.15, 0.2) is 0 Å². The van der Waals surface area contributed by atoms with Crippen molar-refractivity contribution in [1.82, 2.24) is 0 Å². The minimum Gasteiger partial charge on any atom is -0.241 e. The topological polar surface area (TPSA) is 34.1 Å². The standard InChI is InChI=1S/C6H7.2CO.Ru/c1-6-4-2-3-5-6;2*1-2;/h2-4H,1,5H2;;;/q-1;;;. The normalized spacial score (nSPS) is 12.2. The average Bonchev–Trinajstić information content (AvgIpc) is 2.43. The van der Waals surface area contributed by atoms with Crippen LogP contribution in [-0.2, 0) is 25.8 Å². The summed E-state index contributed by atoms with van der Waals surface area (Å²) in [5.74, 6) is 0. The Bertz CT molecular complexity index is 260. The third kappa shape index (κ3) is 7.03. The Morgan fingerprint density at radius 2 is 2.09 bits per heavy atom. The van der Waals surface area contributed by atoms with Gasteiger partial charge in [-0.25, -0.2) is 18.6 Å². The minimum absolute atomic E-state index is 0.842. The Balaban J connectivity index is 0.000000187. The fraction of sp³-hybridized carbons (Fsp3) is 0.125. The first-order chi connectivity index (χ1) is 5.31. The predicted octanol–water partition coefficient (Wildman–Crippen LogP) is 0.910. The van der Waals surface area contributed by atoms with Gasteiger partial charge in [0.25, 0.3) is 0 Å². The summed E-state index contributed by atoms with van der Waals surface area (Å²) >= 11 is -0.842. The van der Waals surface area contributed by atoms with E-state index in [0.29, 0.717) is 0 Å². The Kier molecular flexibility index (Phi) is 6.67. The molecule has 1 rings (SSSR count). The van der Waals surface area contributed by atoms with Crippen LogP contribution < -0.4 is 0 Å². The number of allylic oxidation sites excluding steroid dienone is 4. The molecule has 0 spiro atoms. The minimum atomic E-state index is -0.842. The molecule has 0 bridgehead atoms. The molecule has 2 nitrogen and oxygen atoms in total. The van der Waals surface area contributed by atoms with Crippen LogP contribution in [0.5, 0.6) is 0 Å². The Labute approximate surface area is 72.2 Å². The van der Waals surface area contributed by atoms with E-state index in [4.69, 9.17) is 9.59 Å². The second-order valence-corrected chi connectivity index (χ2v) is 2.83. The maximum Gasteiger partial charge on any atom is -0.0440 e. The monoisotopic (exact) mass is 237 g/mol. The van der Waals surface area contributed by atoms with Crippen LogP contribution in [0.3, 0.4) is 0 Å². The first kappa shape index (κ1) is 10.1. The second-order valence-electron chi connectivity index (χ2n) is 1.69. The van der Waals surface area contributed by atoms with Gasteiger partial charge >= 0.3 is 34.8 Å². The van der Waals surface area contributed by atoms with Crippen molar-refractivity contribution >= 4 is 8.95 Å². The molecule has 0 amide bonds. The zero-order valence-electron chi connectivity index (χ0n) is 5.82. The zero-order chi connectivity index (χ0) is 8.53. The van der Waals surface area contributed by atoms with Gasteiger partial charge in [0.2, 0.25) is 0 Å². The molecular formula is C8H7O2Ru-. The maximum absolute atomic E-state index is 9.06. The van der Waals surface area contributed by atoms with E-state index in [9.17, 15) is 0 Å². The molecule has 3 heteroatoms. The van der Waals surface area contributed by atoms with Gasteiger partial charge in [0.05, 0.1) is 0 Å². The number of hydrogen-bond donors (Lipinski definition) is 0. The van der Waals surface area contributed by atoms with Crippen molar-refractivity contribution < 1.29 is 25.8 Å². The molecular weight excluding hydrogens is 229 g/mol. The van der Waals surface area contributed by atoms with E-state index in [-0.39, 0.29) is 0 Å². The van der Waals surface area contributed by atoms with Crippen LogP contribution in [0, 0.1) is 6.92 Å². The summed E-state index contributed by atoms with van der Waals surface area (Å²) in [7, 11) is 0. The van der Waals surface area contributed by atoms with Gasteiger partial charge < -0.3 is 0 Å². The van der Waals surface area contributed by atoms with Crippen molar-refractivity contribution in [1.29, 1.82) is 0 Å². The van der Waals surface area contributed by atoms with Crippen LogP contribution in [0.25, 0.3) is 0 Å². The summed E-state index contributed by atoms with van der Waals surface area (Å²) in [4.78, 5) is 18.1. The molecule has 0 unspecified atom stereocenters. The van der Waals surface area contributed by atoms with E-state index in [1.165, 1.54) is 14.5 Å². The van der Waals surface area contributed by atoms with Gasteiger partial charge in [0.1, 0.15) is 0 Å². The van der Waals surface area contributed by atoms with Crippen LogP contribution in [0.2, 0.25) is 0 Å². The predicted molar refractivity (Wildman–Crippen MR) is 38.6 cm³/mol. The van der Waals surface area contributed by atoms with Crippen molar-refractivity contribution in [2.45, 2.75) is 6.42 Å². The second kappa shape index (κ2) is 7.24. The summed E-state index contributed by atoms with van der Waals surface area (Å²) in [5.41, 5.74) is 1.22. The zero-order valence-corrected chi connectivity index (χ0v) is 7.55. The van der Waals surface area contributed by atoms with E-state index < -0.39 is 16.2 Å². The first-order valence-corrected chi connectivity index (χ1v) is 4.57. The molecule has 0 saturated heterocycles. The van der Waals surface area contributed by atoms with Crippen LogP contribution >= 0.6 is 0 Å². The quantitative estimate of drug-likeness (QED) is 0.463. The molecule has 0 radical (unpaired) electrons. The molecule has 0 saturated carbocycles. The molecule has 0 aromatic rings. The number of carbonyl (C=O) groups excluding carboxylic acids is 2. The van der Waals surface area contributed by atoms with E-state index in [2.05, 4.69) is 13.0 Å². The molecule has 0 N–H and O–H groups in total. The van der Waals surface area contributed by atoms with Crippen molar-refractivity contribution in [3.05, 3.63) is 30.7 Å². The number of hydrogen-bond acceptors (Lipinski definition) is 2. The molecule has 0 fully saturated rings. The maximum atomic E-state index is 9.06. The largest absolute Gasteiger partial charge is 0.241 e. The summed E-state index contributed by atoms with van der Waals surface area (Å²) in [5, 5.41) is 0. The van der Waals surface area contributed by atoms with Gasteiger partial charge in [-0.2, -0.15) is 0 Å². The Morgan fingerprint density at radius 3 is 2.18 bits per heavy atom. The van der Waals surface area contributed by atoms with Crippen molar-refractivity contribution in [2.24, 2.45) is 0 Å². The van der Waals surface area contributed by atoms with Crippen molar-refractivity contribution in [3.63, 3.8) is 0 Å². The summed E-state index contributed by atoms with van der Waals surface area (Å²) in [6.07, 6.45) is 7.21. The molecule has 1 aliphatic rings. The first-order valence-electron chi connectivity index (χ1n) is 2.83. The molecule has 0 aliphatic heterocycles. The SMILES string of the molecule is O=[C]=[Ru]=[C]=O.[CH2-]C1=CC=CC1. The fourth-order valence-corrected chi connectivity index (χ4v) is 0.579. The molecule has 0 atom stereocenters. The van der Waals surface area contributed by atoms with E-state index in [1.807, 2.05) is 12.2 Å². The molecule has 11 heavy (non-hydrogen) atoms. The summed E-state index contributed by atoms with van der Waals surface area (Å²) in [6.45, 7) is 3.74. The Morgan fingerprint density at radius 1 is 1.45 bits per heavy atom. The molecule has 1 aliphatic carbocycles. The van der Waals surface area contributed by atoms with Crippen molar-refractivity contribution in [2.75, 3.05) is 0 Å². The molecule has 60 valence electrons. The summed E-state index contributed by atoms with van der Waals surface area (Å²) in [6, 6.07) is 0.